The molecule has 0 radical (unpaired) electrons. The molecule has 1 rings (SSSR count). The number of anilines is 2. The smallest absolute Gasteiger partial charge is 0.282 e. The summed E-state index contributed by atoms with van der Waals surface area (Å²) < 4.78 is 24.3. The Balaban J connectivity index is 3.31. The molecule has 0 amide bonds. The van der Waals surface area contributed by atoms with Gasteiger partial charge < -0.3 is 11.5 Å². The quantitative estimate of drug-likeness (QED) is 0.676. The number of rotatable bonds is 2. The Hall–Kier alpha value is -1.72. The van der Waals surface area contributed by atoms with Crippen molar-refractivity contribution in [3.05, 3.63) is 17.5 Å². The van der Waals surface area contributed by atoms with Crippen molar-refractivity contribution in [2.24, 2.45) is 0 Å². The van der Waals surface area contributed by atoms with Gasteiger partial charge in [0.15, 0.2) is 6.29 Å². The summed E-state index contributed by atoms with van der Waals surface area (Å²) in [5, 5.41) is 0. The van der Waals surface area contributed by atoms with E-state index in [0.29, 0.717) is 6.29 Å². The van der Waals surface area contributed by atoms with Crippen LogP contribution in [0.3, 0.4) is 0 Å². The van der Waals surface area contributed by atoms with E-state index in [-0.39, 0.29) is 16.9 Å². The number of hydrogen-bond donors (Lipinski definition) is 2. The molecule has 70 valence electrons. The van der Waals surface area contributed by atoms with Crippen LogP contribution in [0.2, 0.25) is 0 Å². The Morgan fingerprint density at radius 1 is 1.38 bits per heavy atom. The second kappa shape index (κ2) is 3.34. The van der Waals surface area contributed by atoms with E-state index in [9.17, 15) is 13.6 Å². The van der Waals surface area contributed by atoms with Crippen LogP contribution in [0.5, 0.6) is 0 Å². The highest BCUT2D eigenvalue weighted by atomic mass is 19.3. The van der Waals surface area contributed by atoms with E-state index in [1.165, 1.54) is 0 Å². The number of pyridine rings is 1. The summed E-state index contributed by atoms with van der Waals surface area (Å²) in [4.78, 5) is 13.6. The number of aldehydes is 1. The zero-order valence-corrected chi connectivity index (χ0v) is 6.50. The van der Waals surface area contributed by atoms with Crippen LogP contribution in [0.1, 0.15) is 22.5 Å². The maximum atomic E-state index is 12.2. The lowest BCUT2D eigenvalue weighted by atomic mass is 10.2. The third-order valence-electron chi connectivity index (χ3n) is 1.55. The lowest BCUT2D eigenvalue weighted by molar-refractivity contribution is 0.112. The zero-order valence-electron chi connectivity index (χ0n) is 6.50. The van der Waals surface area contributed by atoms with Crippen molar-refractivity contribution in [2.75, 3.05) is 11.5 Å². The van der Waals surface area contributed by atoms with Crippen LogP contribution in [-0.2, 0) is 0 Å². The Kier molecular flexibility index (Phi) is 2.41. The van der Waals surface area contributed by atoms with Gasteiger partial charge in [-0.3, -0.25) is 9.78 Å². The van der Waals surface area contributed by atoms with Crippen LogP contribution in [0, 0.1) is 0 Å². The number of carbonyl (C=O) groups excluding carboxylic acids is 1. The van der Waals surface area contributed by atoms with E-state index in [1.807, 2.05) is 0 Å². The average molecular weight is 187 g/mol. The number of alkyl halides is 2. The fourth-order valence-corrected chi connectivity index (χ4v) is 0.839. The molecule has 0 unspecified atom stereocenters. The van der Waals surface area contributed by atoms with Crippen LogP contribution in [-0.4, -0.2) is 11.3 Å². The minimum Gasteiger partial charge on any atom is -0.396 e. The molecule has 0 fully saturated rings. The number of nitrogens with two attached hydrogens (primary N) is 2. The molecule has 4 N–H and O–H groups in total. The van der Waals surface area contributed by atoms with Gasteiger partial charge in [-0.05, 0) is 0 Å². The van der Waals surface area contributed by atoms with E-state index >= 15 is 0 Å². The molecular weight excluding hydrogens is 180 g/mol. The molecule has 4 nitrogen and oxygen atoms in total. The van der Waals surface area contributed by atoms with Crippen molar-refractivity contribution in [1.82, 2.24) is 4.98 Å². The largest absolute Gasteiger partial charge is 0.396 e. The standard InChI is InChI=1S/C7H7F2N3O/c8-7(9)6-5(11)4(10)3(2-13)1-12-6/h1-2,7H,11H2,(H2,10,12). The van der Waals surface area contributed by atoms with Crippen LogP contribution in [0.4, 0.5) is 20.2 Å². The molecule has 13 heavy (non-hydrogen) atoms. The molecule has 0 aliphatic rings. The molecule has 0 bridgehead atoms. The van der Waals surface area contributed by atoms with Gasteiger partial charge in [0.25, 0.3) is 6.43 Å². The van der Waals surface area contributed by atoms with Gasteiger partial charge in [-0.15, -0.1) is 0 Å². The molecular formula is C7H7F2N3O. The Morgan fingerprint density at radius 2 is 2.00 bits per heavy atom. The van der Waals surface area contributed by atoms with Crippen molar-refractivity contribution in [3.8, 4) is 0 Å². The molecule has 1 heterocycles. The molecule has 0 atom stereocenters. The summed E-state index contributed by atoms with van der Waals surface area (Å²) in [6.07, 6.45) is -1.41. The number of halogens is 2. The molecule has 0 spiro atoms. The lowest BCUT2D eigenvalue weighted by Crippen LogP contribution is -2.06. The number of hydrogen-bond acceptors (Lipinski definition) is 4. The maximum absolute atomic E-state index is 12.2. The van der Waals surface area contributed by atoms with Crippen LogP contribution in [0.15, 0.2) is 6.20 Å². The summed E-state index contributed by atoms with van der Waals surface area (Å²) in [7, 11) is 0. The molecule has 0 saturated heterocycles. The topological polar surface area (TPSA) is 82.0 Å². The zero-order chi connectivity index (χ0) is 10.0. The molecule has 6 heteroatoms. The van der Waals surface area contributed by atoms with Gasteiger partial charge in [-0.1, -0.05) is 0 Å². The fraction of sp³-hybridized carbons (Fsp3) is 0.143. The van der Waals surface area contributed by atoms with Gasteiger partial charge in [-0.2, -0.15) is 0 Å². The first-order chi connectivity index (χ1) is 6.07. The van der Waals surface area contributed by atoms with E-state index in [1.54, 1.807) is 0 Å². The number of nitrogens with zero attached hydrogens (tertiary/aromatic N) is 1. The van der Waals surface area contributed by atoms with E-state index in [0.717, 1.165) is 6.20 Å². The van der Waals surface area contributed by atoms with Crippen LogP contribution in [0.25, 0.3) is 0 Å². The van der Waals surface area contributed by atoms with Crippen molar-refractivity contribution in [3.63, 3.8) is 0 Å². The van der Waals surface area contributed by atoms with E-state index < -0.39 is 12.1 Å². The first-order valence-corrected chi connectivity index (χ1v) is 3.35. The number of nitrogen functional groups attached to an aromatic ring is 2. The summed E-state index contributed by atoms with van der Waals surface area (Å²) in [5.74, 6) is 0. The average Bonchev–Trinajstić information content (AvgIpc) is 2.09. The Labute approximate surface area is 72.6 Å². The molecule has 0 aromatic carbocycles. The van der Waals surface area contributed by atoms with Crippen LogP contribution >= 0.6 is 0 Å². The second-order valence-electron chi connectivity index (χ2n) is 2.34. The van der Waals surface area contributed by atoms with Crippen LogP contribution < -0.4 is 11.5 Å². The number of aromatic nitrogens is 1. The SMILES string of the molecule is Nc1c(C=O)cnc(C(F)F)c1N. The predicted molar refractivity (Wildman–Crippen MR) is 43.4 cm³/mol. The van der Waals surface area contributed by atoms with Gasteiger partial charge in [-0.25, -0.2) is 8.78 Å². The van der Waals surface area contributed by atoms with E-state index in [4.69, 9.17) is 11.5 Å². The predicted octanol–water partition coefficient (Wildman–Crippen LogP) is 0.996. The third-order valence-corrected chi connectivity index (χ3v) is 1.55. The van der Waals surface area contributed by atoms with E-state index in [2.05, 4.69) is 4.98 Å². The summed E-state index contributed by atoms with van der Waals surface area (Å²) >= 11 is 0. The Morgan fingerprint density at radius 3 is 2.46 bits per heavy atom. The fourth-order valence-electron chi connectivity index (χ4n) is 0.839. The van der Waals surface area contributed by atoms with Crippen molar-refractivity contribution in [1.29, 1.82) is 0 Å². The number of carbonyl (C=O) groups is 1. The van der Waals surface area contributed by atoms with Crippen molar-refractivity contribution in [2.45, 2.75) is 6.43 Å². The van der Waals surface area contributed by atoms with Gasteiger partial charge in [0.2, 0.25) is 0 Å². The minimum absolute atomic E-state index is 0.0156. The van der Waals surface area contributed by atoms with Gasteiger partial charge in [0, 0.05) is 6.20 Å². The lowest BCUT2D eigenvalue weighted by Gasteiger charge is -2.07. The third kappa shape index (κ3) is 1.56. The minimum atomic E-state index is -2.79. The van der Waals surface area contributed by atoms with Crippen molar-refractivity contribution >= 4 is 17.7 Å². The summed E-state index contributed by atoms with van der Waals surface area (Å²) in [5.41, 5.74) is 9.47. The second-order valence-corrected chi connectivity index (χ2v) is 2.34. The highest BCUT2D eigenvalue weighted by Crippen LogP contribution is 2.28. The highest BCUT2D eigenvalue weighted by molar-refractivity contribution is 5.88. The Bertz CT molecular complexity index is 341. The summed E-state index contributed by atoms with van der Waals surface area (Å²) in [6.45, 7) is 0. The van der Waals surface area contributed by atoms with Gasteiger partial charge >= 0.3 is 0 Å². The normalized spacial score (nSPS) is 10.4. The maximum Gasteiger partial charge on any atom is 0.282 e. The van der Waals surface area contributed by atoms with Crippen molar-refractivity contribution < 1.29 is 13.6 Å². The summed E-state index contributed by atoms with van der Waals surface area (Å²) in [6, 6.07) is 0. The van der Waals surface area contributed by atoms with Gasteiger partial charge in [0.05, 0.1) is 16.9 Å². The molecule has 0 aliphatic carbocycles. The molecule has 1 aromatic rings. The molecule has 0 saturated carbocycles. The molecule has 1 aromatic heterocycles. The molecule has 0 aliphatic heterocycles. The first kappa shape index (κ1) is 9.37. The van der Waals surface area contributed by atoms with Gasteiger partial charge in [0.1, 0.15) is 5.69 Å². The first-order valence-electron chi connectivity index (χ1n) is 3.35. The highest BCUT2D eigenvalue weighted by Gasteiger charge is 2.16. The monoisotopic (exact) mass is 187 g/mol.